The fraction of sp³-hybridized carbons (Fsp3) is 0.222. The monoisotopic (exact) mass is 384 g/mol. The summed E-state index contributed by atoms with van der Waals surface area (Å²) in [5, 5.41) is 6.81. The molecule has 0 saturated carbocycles. The summed E-state index contributed by atoms with van der Waals surface area (Å²) < 4.78 is 17.5. The van der Waals surface area contributed by atoms with Crippen molar-refractivity contribution in [2.45, 2.75) is 0 Å². The SMILES string of the molecule is COc1ccc(-n2nc(OC)nc2-c2ccc(OCCNC(N)=O)cc2)cn1. The maximum Gasteiger partial charge on any atom is 0.336 e. The van der Waals surface area contributed by atoms with Crippen molar-refractivity contribution in [3.8, 4) is 34.7 Å². The summed E-state index contributed by atoms with van der Waals surface area (Å²) in [5.41, 5.74) is 6.53. The Morgan fingerprint density at radius 2 is 1.93 bits per heavy atom. The van der Waals surface area contributed by atoms with Gasteiger partial charge in [0, 0.05) is 11.6 Å². The van der Waals surface area contributed by atoms with Crippen molar-refractivity contribution in [3.05, 3.63) is 42.6 Å². The molecule has 0 unspecified atom stereocenters. The number of carbonyl (C=O) groups is 1. The largest absolute Gasteiger partial charge is 0.492 e. The molecule has 0 fully saturated rings. The third kappa shape index (κ3) is 4.47. The highest BCUT2D eigenvalue weighted by Crippen LogP contribution is 2.25. The van der Waals surface area contributed by atoms with Crippen molar-refractivity contribution in [2.75, 3.05) is 27.4 Å². The molecule has 2 aromatic heterocycles. The number of hydrogen-bond acceptors (Lipinski definition) is 7. The molecule has 0 aliphatic heterocycles. The van der Waals surface area contributed by atoms with E-state index in [0.717, 1.165) is 5.56 Å². The van der Waals surface area contributed by atoms with Gasteiger partial charge in [-0.05, 0) is 30.3 Å². The summed E-state index contributed by atoms with van der Waals surface area (Å²) in [7, 11) is 3.06. The van der Waals surface area contributed by atoms with Gasteiger partial charge in [0.1, 0.15) is 12.4 Å². The van der Waals surface area contributed by atoms with Gasteiger partial charge in [0.05, 0.1) is 32.6 Å². The number of carbonyl (C=O) groups excluding carboxylic acids is 1. The molecule has 3 aromatic rings. The first-order chi connectivity index (χ1) is 13.6. The summed E-state index contributed by atoms with van der Waals surface area (Å²) in [6.45, 7) is 0.636. The second-order valence-electron chi connectivity index (χ2n) is 5.56. The number of nitrogens with two attached hydrogens (primary N) is 1. The highest BCUT2D eigenvalue weighted by atomic mass is 16.5. The summed E-state index contributed by atoms with van der Waals surface area (Å²) in [6, 6.07) is 10.5. The van der Waals surface area contributed by atoms with E-state index in [-0.39, 0.29) is 6.01 Å². The number of aromatic nitrogens is 4. The van der Waals surface area contributed by atoms with Crippen molar-refractivity contribution in [1.82, 2.24) is 25.1 Å². The summed E-state index contributed by atoms with van der Waals surface area (Å²) >= 11 is 0. The fourth-order valence-electron chi connectivity index (χ4n) is 2.41. The molecule has 0 atom stereocenters. The average Bonchev–Trinajstić information content (AvgIpc) is 3.16. The van der Waals surface area contributed by atoms with Crippen LogP contribution in [0.5, 0.6) is 17.6 Å². The molecule has 0 spiro atoms. The minimum atomic E-state index is -0.583. The molecule has 1 aromatic carbocycles. The van der Waals surface area contributed by atoms with Crippen molar-refractivity contribution >= 4 is 6.03 Å². The van der Waals surface area contributed by atoms with E-state index in [4.69, 9.17) is 19.9 Å². The van der Waals surface area contributed by atoms with Crippen LogP contribution >= 0.6 is 0 Å². The molecule has 10 heteroatoms. The third-order valence-corrected chi connectivity index (χ3v) is 3.73. The number of methoxy groups -OCH3 is 2. The molecule has 0 aliphatic carbocycles. The average molecular weight is 384 g/mol. The predicted octanol–water partition coefficient (Wildman–Crippen LogP) is 1.39. The minimum Gasteiger partial charge on any atom is -0.492 e. The minimum absolute atomic E-state index is 0.240. The lowest BCUT2D eigenvalue weighted by Gasteiger charge is -2.08. The van der Waals surface area contributed by atoms with Crippen LogP contribution in [0.15, 0.2) is 42.6 Å². The Kier molecular flexibility index (Phi) is 5.90. The molecule has 3 rings (SSSR count). The molecular weight excluding hydrogens is 364 g/mol. The normalized spacial score (nSPS) is 10.4. The molecule has 10 nitrogen and oxygen atoms in total. The van der Waals surface area contributed by atoms with Crippen LogP contribution in [0.1, 0.15) is 0 Å². The molecule has 28 heavy (non-hydrogen) atoms. The van der Waals surface area contributed by atoms with E-state index in [1.807, 2.05) is 18.2 Å². The van der Waals surface area contributed by atoms with E-state index in [1.165, 1.54) is 7.11 Å². The second kappa shape index (κ2) is 8.71. The van der Waals surface area contributed by atoms with Crippen LogP contribution < -0.4 is 25.3 Å². The Hall–Kier alpha value is -3.82. The smallest absolute Gasteiger partial charge is 0.336 e. The molecule has 3 N–H and O–H groups in total. The summed E-state index contributed by atoms with van der Waals surface area (Å²) in [6.07, 6.45) is 1.64. The number of amides is 2. The quantitative estimate of drug-likeness (QED) is 0.562. The van der Waals surface area contributed by atoms with Crippen molar-refractivity contribution in [1.29, 1.82) is 0 Å². The molecule has 0 bridgehead atoms. The highest BCUT2D eigenvalue weighted by molar-refractivity contribution is 5.71. The molecule has 2 amide bonds. The van der Waals surface area contributed by atoms with Gasteiger partial charge in [-0.25, -0.2) is 14.5 Å². The van der Waals surface area contributed by atoms with Gasteiger partial charge in [0.15, 0.2) is 5.82 Å². The number of urea groups is 1. The number of hydrogen-bond donors (Lipinski definition) is 2. The van der Waals surface area contributed by atoms with Crippen molar-refractivity contribution in [2.24, 2.45) is 5.73 Å². The van der Waals surface area contributed by atoms with Crippen LogP contribution in [0.25, 0.3) is 17.1 Å². The number of primary amides is 1. The Labute approximate surface area is 161 Å². The molecule has 0 radical (unpaired) electrons. The topological polar surface area (TPSA) is 126 Å². The van der Waals surface area contributed by atoms with Gasteiger partial charge in [-0.3, -0.25) is 0 Å². The van der Waals surface area contributed by atoms with Gasteiger partial charge >= 0.3 is 12.0 Å². The van der Waals surface area contributed by atoms with E-state index in [1.54, 1.807) is 36.2 Å². The van der Waals surface area contributed by atoms with Gasteiger partial charge < -0.3 is 25.3 Å². The molecule has 0 aliphatic rings. The standard InChI is InChI=1S/C18H20N6O4/c1-26-15-8-5-13(11-21-15)24-16(22-18(23-24)27-2)12-3-6-14(7-4-12)28-10-9-20-17(19)25/h3-8,11H,9-10H2,1-2H3,(H3,19,20,25). The Morgan fingerprint density at radius 1 is 1.14 bits per heavy atom. The highest BCUT2D eigenvalue weighted by Gasteiger charge is 2.15. The fourth-order valence-corrected chi connectivity index (χ4v) is 2.41. The number of pyridine rings is 1. The van der Waals surface area contributed by atoms with Gasteiger partial charge in [0.2, 0.25) is 5.88 Å². The number of rotatable bonds is 8. The van der Waals surface area contributed by atoms with Crippen LogP contribution in [-0.2, 0) is 0 Å². The first-order valence-corrected chi connectivity index (χ1v) is 8.38. The first kappa shape index (κ1) is 19.0. The molecule has 146 valence electrons. The molecule has 0 saturated heterocycles. The van der Waals surface area contributed by atoms with E-state index >= 15 is 0 Å². The van der Waals surface area contributed by atoms with Gasteiger partial charge in [-0.2, -0.15) is 4.98 Å². The Bertz CT molecular complexity index is 924. The van der Waals surface area contributed by atoms with Crippen LogP contribution in [0, 0.1) is 0 Å². The maximum absolute atomic E-state index is 10.6. The van der Waals surface area contributed by atoms with Crippen molar-refractivity contribution < 1.29 is 19.0 Å². The molecular formula is C18H20N6O4. The van der Waals surface area contributed by atoms with Gasteiger partial charge in [-0.1, -0.05) is 0 Å². The first-order valence-electron chi connectivity index (χ1n) is 8.38. The lowest BCUT2D eigenvalue weighted by Crippen LogP contribution is -2.32. The maximum atomic E-state index is 10.6. The third-order valence-electron chi connectivity index (χ3n) is 3.73. The van der Waals surface area contributed by atoms with Gasteiger partial charge in [-0.15, -0.1) is 5.10 Å². The summed E-state index contributed by atoms with van der Waals surface area (Å²) in [5.74, 6) is 1.75. The van der Waals surface area contributed by atoms with E-state index in [2.05, 4.69) is 20.4 Å². The zero-order chi connectivity index (χ0) is 19.9. The van der Waals surface area contributed by atoms with Crippen LogP contribution in [0.2, 0.25) is 0 Å². The second-order valence-corrected chi connectivity index (χ2v) is 5.56. The Balaban J connectivity index is 1.80. The number of nitrogens with zero attached hydrogens (tertiary/aromatic N) is 4. The lowest BCUT2D eigenvalue weighted by atomic mass is 10.2. The number of nitrogens with one attached hydrogen (secondary N) is 1. The van der Waals surface area contributed by atoms with E-state index < -0.39 is 6.03 Å². The van der Waals surface area contributed by atoms with Crippen LogP contribution in [-0.4, -0.2) is 53.2 Å². The van der Waals surface area contributed by atoms with Gasteiger partial charge in [0.25, 0.3) is 0 Å². The van der Waals surface area contributed by atoms with Crippen molar-refractivity contribution in [3.63, 3.8) is 0 Å². The lowest BCUT2D eigenvalue weighted by molar-refractivity contribution is 0.244. The summed E-state index contributed by atoms with van der Waals surface area (Å²) in [4.78, 5) is 19.3. The predicted molar refractivity (Wildman–Crippen MR) is 101 cm³/mol. The zero-order valence-corrected chi connectivity index (χ0v) is 15.5. The van der Waals surface area contributed by atoms with Crippen LogP contribution in [0.3, 0.4) is 0 Å². The Morgan fingerprint density at radius 3 is 2.54 bits per heavy atom. The number of ether oxygens (including phenoxy) is 3. The number of benzene rings is 1. The zero-order valence-electron chi connectivity index (χ0n) is 15.5. The molecule has 2 heterocycles. The van der Waals surface area contributed by atoms with E-state index in [9.17, 15) is 4.79 Å². The van der Waals surface area contributed by atoms with E-state index in [0.29, 0.717) is 36.3 Å². The van der Waals surface area contributed by atoms with Crippen LogP contribution in [0.4, 0.5) is 4.79 Å².